The van der Waals surface area contributed by atoms with Crippen LogP contribution in [-0.4, -0.2) is 35.2 Å². The molecule has 3 unspecified atom stereocenters. The van der Waals surface area contributed by atoms with E-state index in [1.807, 2.05) is 0 Å². The molecule has 0 bridgehead atoms. The van der Waals surface area contributed by atoms with E-state index < -0.39 is 0 Å². The second-order valence-corrected chi connectivity index (χ2v) is 7.73. The zero-order valence-electron chi connectivity index (χ0n) is 15.2. The Kier molecular flexibility index (Phi) is 8.26. The molecular weight excluding hydrogens is 258 g/mol. The van der Waals surface area contributed by atoms with Crippen molar-refractivity contribution in [3.05, 3.63) is 0 Å². The van der Waals surface area contributed by atoms with E-state index in [1.54, 1.807) is 0 Å². The predicted octanol–water partition coefficient (Wildman–Crippen LogP) is 4.85. The van der Waals surface area contributed by atoms with Crippen molar-refractivity contribution in [1.29, 1.82) is 0 Å². The standard InChI is InChI=1S/C19H39NO/c1-6-9-13-20(14-10-7-2)17-15-16(11-12-18(17)21)19(4,5)8-3/h16-18,21H,6-15H2,1-5H3. The van der Waals surface area contributed by atoms with Crippen molar-refractivity contribution >= 4 is 0 Å². The second-order valence-electron chi connectivity index (χ2n) is 7.73. The van der Waals surface area contributed by atoms with Gasteiger partial charge in [0, 0.05) is 6.04 Å². The fourth-order valence-electron chi connectivity index (χ4n) is 3.69. The third kappa shape index (κ3) is 5.56. The van der Waals surface area contributed by atoms with E-state index in [1.165, 1.54) is 44.9 Å². The number of hydrogen-bond donors (Lipinski definition) is 1. The van der Waals surface area contributed by atoms with Crippen LogP contribution in [0.3, 0.4) is 0 Å². The highest BCUT2D eigenvalue weighted by atomic mass is 16.3. The van der Waals surface area contributed by atoms with Crippen molar-refractivity contribution in [1.82, 2.24) is 4.90 Å². The second kappa shape index (κ2) is 9.15. The number of nitrogens with zero attached hydrogens (tertiary/aromatic N) is 1. The molecule has 0 aromatic rings. The maximum atomic E-state index is 10.6. The Morgan fingerprint density at radius 2 is 1.57 bits per heavy atom. The summed E-state index contributed by atoms with van der Waals surface area (Å²) in [4.78, 5) is 2.61. The number of aliphatic hydroxyl groups excluding tert-OH is 1. The summed E-state index contributed by atoms with van der Waals surface area (Å²) < 4.78 is 0. The zero-order chi connectivity index (χ0) is 15.9. The molecule has 0 heterocycles. The summed E-state index contributed by atoms with van der Waals surface area (Å²) in [5, 5.41) is 10.6. The Morgan fingerprint density at radius 1 is 1.00 bits per heavy atom. The minimum absolute atomic E-state index is 0.109. The molecule has 1 N–H and O–H groups in total. The smallest absolute Gasteiger partial charge is 0.0695 e. The van der Waals surface area contributed by atoms with Crippen molar-refractivity contribution in [3.8, 4) is 0 Å². The normalized spacial score (nSPS) is 27.3. The van der Waals surface area contributed by atoms with Crippen LogP contribution in [0, 0.1) is 11.3 Å². The van der Waals surface area contributed by atoms with E-state index in [0.717, 1.165) is 25.4 Å². The third-order valence-corrected chi connectivity index (χ3v) is 5.86. The monoisotopic (exact) mass is 297 g/mol. The maximum absolute atomic E-state index is 10.6. The van der Waals surface area contributed by atoms with Crippen molar-refractivity contribution < 1.29 is 5.11 Å². The van der Waals surface area contributed by atoms with E-state index in [0.29, 0.717) is 11.5 Å². The van der Waals surface area contributed by atoms with Gasteiger partial charge in [0.15, 0.2) is 0 Å². The first-order valence-electron chi connectivity index (χ1n) is 9.38. The first-order valence-corrected chi connectivity index (χ1v) is 9.38. The van der Waals surface area contributed by atoms with Crippen molar-refractivity contribution in [2.24, 2.45) is 11.3 Å². The van der Waals surface area contributed by atoms with Crippen LogP contribution in [0.15, 0.2) is 0 Å². The summed E-state index contributed by atoms with van der Waals surface area (Å²) in [6.07, 6.45) is 9.53. The Balaban J connectivity index is 2.72. The lowest BCUT2D eigenvalue weighted by Crippen LogP contribution is -2.50. The molecule has 1 aliphatic rings. The van der Waals surface area contributed by atoms with Gasteiger partial charge in [0.05, 0.1) is 6.10 Å². The third-order valence-electron chi connectivity index (χ3n) is 5.86. The fraction of sp³-hybridized carbons (Fsp3) is 1.00. The number of hydrogen-bond acceptors (Lipinski definition) is 2. The molecule has 1 saturated carbocycles. The van der Waals surface area contributed by atoms with Gasteiger partial charge in [-0.05, 0) is 56.5 Å². The quantitative estimate of drug-likeness (QED) is 0.657. The zero-order valence-corrected chi connectivity index (χ0v) is 15.2. The lowest BCUT2D eigenvalue weighted by Gasteiger charge is -2.45. The first kappa shape index (κ1) is 19.0. The van der Waals surface area contributed by atoms with E-state index in [2.05, 4.69) is 39.5 Å². The fourth-order valence-corrected chi connectivity index (χ4v) is 3.69. The molecule has 1 fully saturated rings. The number of aliphatic hydroxyl groups is 1. The largest absolute Gasteiger partial charge is 0.391 e. The van der Waals surface area contributed by atoms with Crippen LogP contribution in [-0.2, 0) is 0 Å². The molecule has 0 amide bonds. The highest BCUT2D eigenvalue weighted by Gasteiger charge is 2.38. The molecular formula is C19H39NO. The summed E-state index contributed by atoms with van der Waals surface area (Å²) in [6, 6.07) is 0.396. The Labute approximate surface area is 133 Å². The molecule has 2 nitrogen and oxygen atoms in total. The predicted molar refractivity (Wildman–Crippen MR) is 92.6 cm³/mol. The van der Waals surface area contributed by atoms with Gasteiger partial charge in [0.25, 0.3) is 0 Å². The van der Waals surface area contributed by atoms with Gasteiger partial charge >= 0.3 is 0 Å². The summed E-state index contributed by atoms with van der Waals surface area (Å²) in [5.41, 5.74) is 0.416. The SMILES string of the molecule is CCCCN(CCCC)C1CC(C(C)(C)CC)CCC1O. The van der Waals surface area contributed by atoms with Gasteiger partial charge in [-0.3, -0.25) is 4.90 Å². The Hall–Kier alpha value is -0.0800. The Morgan fingerprint density at radius 3 is 2.05 bits per heavy atom. The number of rotatable bonds is 9. The molecule has 1 rings (SSSR count). The van der Waals surface area contributed by atoms with Gasteiger partial charge in [0.2, 0.25) is 0 Å². The minimum atomic E-state index is -0.109. The maximum Gasteiger partial charge on any atom is 0.0695 e. The van der Waals surface area contributed by atoms with E-state index in [9.17, 15) is 5.11 Å². The van der Waals surface area contributed by atoms with Gasteiger partial charge in [-0.1, -0.05) is 53.9 Å². The molecule has 0 spiro atoms. The molecule has 0 aromatic heterocycles. The molecule has 1 aliphatic carbocycles. The molecule has 2 heteroatoms. The van der Waals surface area contributed by atoms with Crippen LogP contribution in [0.5, 0.6) is 0 Å². The van der Waals surface area contributed by atoms with Gasteiger partial charge in [-0.2, -0.15) is 0 Å². The average molecular weight is 298 g/mol. The van der Waals surface area contributed by atoms with E-state index in [4.69, 9.17) is 0 Å². The minimum Gasteiger partial charge on any atom is -0.391 e. The molecule has 0 aromatic carbocycles. The molecule has 0 saturated heterocycles. The lowest BCUT2D eigenvalue weighted by molar-refractivity contribution is -0.0218. The van der Waals surface area contributed by atoms with Crippen LogP contribution in [0.4, 0.5) is 0 Å². The number of unbranched alkanes of at least 4 members (excludes halogenated alkanes) is 2. The van der Waals surface area contributed by atoms with Crippen molar-refractivity contribution in [3.63, 3.8) is 0 Å². The highest BCUT2D eigenvalue weighted by molar-refractivity contribution is 4.91. The van der Waals surface area contributed by atoms with E-state index >= 15 is 0 Å². The first-order chi connectivity index (χ1) is 9.96. The van der Waals surface area contributed by atoms with E-state index in [-0.39, 0.29) is 6.10 Å². The van der Waals surface area contributed by atoms with Gasteiger partial charge in [0.1, 0.15) is 0 Å². The molecule has 126 valence electrons. The average Bonchev–Trinajstić information content (AvgIpc) is 2.48. The van der Waals surface area contributed by atoms with Gasteiger partial charge < -0.3 is 5.11 Å². The molecule has 0 aliphatic heterocycles. The topological polar surface area (TPSA) is 23.5 Å². The highest BCUT2D eigenvalue weighted by Crippen LogP contribution is 2.41. The van der Waals surface area contributed by atoms with Crippen LogP contribution in [0.1, 0.15) is 86.0 Å². The summed E-state index contributed by atoms with van der Waals surface area (Å²) in [6.45, 7) is 14.0. The summed E-state index contributed by atoms with van der Waals surface area (Å²) in [5.74, 6) is 0.765. The van der Waals surface area contributed by atoms with Crippen LogP contribution >= 0.6 is 0 Å². The summed E-state index contributed by atoms with van der Waals surface area (Å²) >= 11 is 0. The summed E-state index contributed by atoms with van der Waals surface area (Å²) in [7, 11) is 0. The van der Waals surface area contributed by atoms with Crippen LogP contribution in [0.25, 0.3) is 0 Å². The van der Waals surface area contributed by atoms with Gasteiger partial charge in [-0.25, -0.2) is 0 Å². The molecule has 3 atom stereocenters. The van der Waals surface area contributed by atoms with Gasteiger partial charge in [-0.15, -0.1) is 0 Å². The Bertz CT molecular complexity index is 269. The van der Waals surface area contributed by atoms with Crippen molar-refractivity contribution in [2.45, 2.75) is 98.1 Å². The molecule has 0 radical (unpaired) electrons. The van der Waals surface area contributed by atoms with Crippen LogP contribution < -0.4 is 0 Å². The molecule has 21 heavy (non-hydrogen) atoms. The lowest BCUT2D eigenvalue weighted by atomic mass is 9.67. The van der Waals surface area contributed by atoms with Crippen molar-refractivity contribution in [2.75, 3.05) is 13.1 Å². The van der Waals surface area contributed by atoms with Crippen LogP contribution in [0.2, 0.25) is 0 Å².